The van der Waals surface area contributed by atoms with Gasteiger partial charge in [0.05, 0.1) is 46.2 Å². The van der Waals surface area contributed by atoms with Gasteiger partial charge in [0.2, 0.25) is 0 Å². The van der Waals surface area contributed by atoms with Gasteiger partial charge in [-0.2, -0.15) is 8.42 Å². The maximum Gasteiger partial charge on any atom is 0.397 e. The van der Waals surface area contributed by atoms with Gasteiger partial charge in [-0.25, -0.2) is 4.18 Å². The Kier molecular flexibility index (Phi) is 27.7. The first kappa shape index (κ1) is 26.6. The average molecular weight is 350 g/mol. The van der Waals surface area contributed by atoms with Crippen molar-refractivity contribution in [2.45, 2.75) is 20.8 Å². The van der Waals surface area contributed by atoms with Crippen LogP contribution in [-0.4, -0.2) is 82.6 Å². The molecule has 0 rings (SSSR count). The summed E-state index contributed by atoms with van der Waals surface area (Å²) in [6.45, 7) is 8.83. The fourth-order valence-corrected chi connectivity index (χ4v) is 1.10. The Labute approximate surface area is 133 Å². The Hall–Kier alpha value is -0.330. The third kappa shape index (κ3) is 42.7. The zero-order valence-electron chi connectivity index (χ0n) is 13.6. The average Bonchev–Trinajstić information content (AvgIpc) is 2.44. The van der Waals surface area contributed by atoms with Crippen LogP contribution in [0.2, 0.25) is 0 Å². The molecule has 0 saturated heterocycles. The van der Waals surface area contributed by atoms with E-state index in [1.165, 1.54) is 6.92 Å². The summed E-state index contributed by atoms with van der Waals surface area (Å²) < 4.78 is 45.2. The van der Waals surface area contributed by atoms with Gasteiger partial charge in [0.1, 0.15) is 0 Å². The van der Waals surface area contributed by atoms with Gasteiger partial charge >= 0.3 is 10.4 Å². The second-order valence-corrected chi connectivity index (χ2v) is 4.38. The Bertz CT molecular complexity index is 260. The van der Waals surface area contributed by atoms with Gasteiger partial charge in [0, 0.05) is 13.2 Å². The molecule has 0 aliphatic carbocycles. The van der Waals surface area contributed by atoms with Crippen molar-refractivity contribution in [3.05, 3.63) is 0 Å². The lowest BCUT2D eigenvalue weighted by Gasteiger charge is -2.01. The summed E-state index contributed by atoms with van der Waals surface area (Å²) in [6, 6.07) is 0. The van der Waals surface area contributed by atoms with Crippen molar-refractivity contribution in [2.24, 2.45) is 0 Å². The second-order valence-electron chi connectivity index (χ2n) is 3.29. The van der Waals surface area contributed by atoms with Crippen LogP contribution in [-0.2, 0) is 28.8 Å². The second kappa shape index (κ2) is 22.9. The third-order valence-electron chi connectivity index (χ3n) is 1.52. The predicted octanol–water partition coefficient (Wildman–Crippen LogP) is -0.127. The van der Waals surface area contributed by atoms with E-state index in [2.05, 4.69) is 4.18 Å². The van der Waals surface area contributed by atoms with Crippen molar-refractivity contribution in [3.8, 4) is 0 Å². The SMILES string of the molecule is CCOCC.CCOS(=O)(=O)O.OCCOCCOCCO. The summed E-state index contributed by atoms with van der Waals surface area (Å²) >= 11 is 0. The Balaban J connectivity index is -0.000000263. The highest BCUT2D eigenvalue weighted by atomic mass is 32.3. The maximum absolute atomic E-state index is 9.56. The van der Waals surface area contributed by atoms with Crippen molar-refractivity contribution >= 4 is 10.4 Å². The van der Waals surface area contributed by atoms with Crippen molar-refractivity contribution < 1.29 is 41.6 Å². The number of aliphatic hydroxyl groups is 2. The lowest BCUT2D eigenvalue weighted by Crippen LogP contribution is -2.09. The molecule has 0 fully saturated rings. The topological polar surface area (TPSA) is 132 Å². The monoisotopic (exact) mass is 350 g/mol. The van der Waals surface area contributed by atoms with Crippen LogP contribution >= 0.6 is 0 Å². The molecule has 0 amide bonds. The molecule has 0 saturated carbocycles. The van der Waals surface area contributed by atoms with Gasteiger partial charge in [0.25, 0.3) is 0 Å². The smallest absolute Gasteiger partial charge is 0.394 e. The van der Waals surface area contributed by atoms with Crippen molar-refractivity contribution in [2.75, 3.05) is 59.5 Å². The van der Waals surface area contributed by atoms with E-state index >= 15 is 0 Å². The van der Waals surface area contributed by atoms with Crippen molar-refractivity contribution in [1.82, 2.24) is 0 Å². The largest absolute Gasteiger partial charge is 0.397 e. The summed E-state index contributed by atoms with van der Waals surface area (Å²) in [5, 5.41) is 16.5. The van der Waals surface area contributed by atoms with Crippen molar-refractivity contribution in [1.29, 1.82) is 0 Å². The van der Waals surface area contributed by atoms with Crippen LogP contribution in [0, 0.1) is 0 Å². The number of rotatable bonds is 11. The van der Waals surface area contributed by atoms with E-state index in [9.17, 15) is 8.42 Å². The summed E-state index contributed by atoms with van der Waals surface area (Å²) in [5.74, 6) is 0. The molecule has 0 aromatic rings. The third-order valence-corrected chi connectivity index (χ3v) is 2.05. The summed E-state index contributed by atoms with van der Waals surface area (Å²) in [5.41, 5.74) is 0. The zero-order chi connectivity index (χ0) is 17.7. The fraction of sp³-hybridized carbons (Fsp3) is 1.00. The van der Waals surface area contributed by atoms with E-state index in [1.54, 1.807) is 0 Å². The first-order valence-electron chi connectivity index (χ1n) is 6.96. The van der Waals surface area contributed by atoms with Gasteiger partial charge < -0.3 is 24.4 Å². The number of ether oxygens (including phenoxy) is 3. The van der Waals surface area contributed by atoms with E-state index in [0.717, 1.165) is 13.2 Å². The highest BCUT2D eigenvalue weighted by Gasteiger charge is 1.98. The molecule has 0 bridgehead atoms. The lowest BCUT2D eigenvalue weighted by molar-refractivity contribution is 0.0222. The van der Waals surface area contributed by atoms with E-state index in [1.807, 2.05) is 13.8 Å². The molecule has 0 aromatic heterocycles. The minimum Gasteiger partial charge on any atom is -0.394 e. The van der Waals surface area contributed by atoms with E-state index in [4.69, 9.17) is 29.0 Å². The van der Waals surface area contributed by atoms with Gasteiger partial charge in [-0.3, -0.25) is 4.55 Å². The molecule has 0 unspecified atom stereocenters. The van der Waals surface area contributed by atoms with Crippen LogP contribution in [0.25, 0.3) is 0 Å². The summed E-state index contributed by atoms with van der Waals surface area (Å²) in [6.07, 6.45) is 0. The van der Waals surface area contributed by atoms with Gasteiger partial charge in [-0.05, 0) is 20.8 Å². The molecular weight excluding hydrogens is 320 g/mol. The van der Waals surface area contributed by atoms with Gasteiger partial charge in [0.15, 0.2) is 0 Å². The fourth-order valence-electron chi connectivity index (χ4n) is 0.804. The minimum absolute atomic E-state index is 0.0289. The number of hydrogen-bond donors (Lipinski definition) is 3. The number of aliphatic hydroxyl groups excluding tert-OH is 2. The molecule has 10 heteroatoms. The summed E-state index contributed by atoms with van der Waals surface area (Å²) in [4.78, 5) is 0. The van der Waals surface area contributed by atoms with E-state index in [-0.39, 0.29) is 19.8 Å². The molecule has 0 spiro atoms. The number of hydrogen-bond acceptors (Lipinski definition) is 8. The normalized spacial score (nSPS) is 10.3. The Morgan fingerprint density at radius 3 is 1.27 bits per heavy atom. The summed E-state index contributed by atoms with van der Waals surface area (Å²) in [7, 11) is -4.17. The van der Waals surface area contributed by atoms with Crippen LogP contribution in [0.15, 0.2) is 0 Å². The first-order valence-corrected chi connectivity index (χ1v) is 8.32. The van der Waals surface area contributed by atoms with Gasteiger partial charge in [-0.15, -0.1) is 0 Å². The Morgan fingerprint density at radius 1 is 0.727 bits per heavy atom. The van der Waals surface area contributed by atoms with E-state index in [0.29, 0.717) is 26.4 Å². The quantitative estimate of drug-likeness (QED) is 0.344. The highest BCUT2D eigenvalue weighted by molar-refractivity contribution is 7.80. The lowest BCUT2D eigenvalue weighted by atomic mass is 10.7. The van der Waals surface area contributed by atoms with Crippen LogP contribution in [0.3, 0.4) is 0 Å². The highest BCUT2D eigenvalue weighted by Crippen LogP contribution is 1.81. The first-order chi connectivity index (χ1) is 10.4. The predicted molar refractivity (Wildman–Crippen MR) is 81.2 cm³/mol. The molecule has 22 heavy (non-hydrogen) atoms. The van der Waals surface area contributed by atoms with Crippen molar-refractivity contribution in [3.63, 3.8) is 0 Å². The standard InChI is InChI=1S/C6H14O4.C4H10O.C2H6O4S/c7-1-3-9-5-6-10-4-2-8;1-3-5-4-2;1-2-6-7(3,4)5/h7-8H,1-6H2;3-4H2,1-2H3;2H2,1H3,(H,3,4,5). The Morgan fingerprint density at radius 2 is 1.14 bits per heavy atom. The molecule has 0 heterocycles. The maximum atomic E-state index is 9.56. The molecule has 138 valence electrons. The minimum atomic E-state index is -4.17. The van der Waals surface area contributed by atoms with Crippen LogP contribution in [0.1, 0.15) is 20.8 Å². The molecule has 0 radical (unpaired) electrons. The molecule has 0 aliphatic heterocycles. The molecule has 3 N–H and O–H groups in total. The van der Waals surface area contributed by atoms with E-state index < -0.39 is 10.4 Å². The molecule has 0 atom stereocenters. The zero-order valence-corrected chi connectivity index (χ0v) is 14.4. The molecule has 0 aromatic carbocycles. The van der Waals surface area contributed by atoms with Crippen LogP contribution in [0.5, 0.6) is 0 Å². The molecule has 0 aliphatic rings. The molecular formula is C12H30O9S. The molecule has 9 nitrogen and oxygen atoms in total. The van der Waals surface area contributed by atoms with Crippen LogP contribution < -0.4 is 0 Å². The van der Waals surface area contributed by atoms with Crippen LogP contribution in [0.4, 0.5) is 0 Å². The van der Waals surface area contributed by atoms with Gasteiger partial charge in [-0.1, -0.05) is 0 Å².